The van der Waals surface area contributed by atoms with Crippen molar-refractivity contribution in [3.8, 4) is 0 Å². The average molecular weight is 331 g/mol. The van der Waals surface area contributed by atoms with Crippen LogP contribution in [0.5, 0.6) is 0 Å². The van der Waals surface area contributed by atoms with Crippen LogP contribution in [0, 0.1) is 12.8 Å². The quantitative estimate of drug-likeness (QED) is 0.883. The number of fused-ring (bicyclic) bond motifs is 1. The zero-order valence-electron chi connectivity index (χ0n) is 15.2. The molecule has 132 valence electrons. The highest BCUT2D eigenvalue weighted by molar-refractivity contribution is 5.70. The lowest BCUT2D eigenvalue weighted by molar-refractivity contribution is -0.00501. The zero-order valence-corrected chi connectivity index (χ0v) is 15.2. The van der Waals surface area contributed by atoms with Crippen LogP contribution < -0.4 is 0 Å². The van der Waals surface area contributed by atoms with Gasteiger partial charge in [0.25, 0.3) is 0 Å². The normalized spacial score (nSPS) is 27.9. The van der Waals surface area contributed by atoms with Crippen LogP contribution in [0.15, 0.2) is 24.3 Å². The van der Waals surface area contributed by atoms with E-state index in [1.165, 1.54) is 5.56 Å². The maximum atomic E-state index is 12.8. The maximum Gasteiger partial charge on any atom is 0.410 e. The van der Waals surface area contributed by atoms with Crippen LogP contribution in [0.1, 0.15) is 63.7 Å². The van der Waals surface area contributed by atoms with Crippen LogP contribution in [-0.2, 0) is 4.74 Å². The Morgan fingerprint density at radius 2 is 1.92 bits per heavy atom. The summed E-state index contributed by atoms with van der Waals surface area (Å²) in [5.74, 6) is 0.489. The Kier molecular flexibility index (Phi) is 4.60. The summed E-state index contributed by atoms with van der Waals surface area (Å²) in [6.07, 6.45) is 3.22. The molecular formula is C20H29NO3. The Hall–Kier alpha value is -1.55. The molecule has 1 amide bonds. The number of aliphatic hydroxyl groups is 1. The molecule has 1 N–H and O–H groups in total. The Bertz CT molecular complexity index is 590. The molecule has 1 saturated carbocycles. The fourth-order valence-corrected chi connectivity index (χ4v) is 4.18. The van der Waals surface area contributed by atoms with Gasteiger partial charge in [0.1, 0.15) is 5.60 Å². The Morgan fingerprint density at radius 3 is 2.54 bits per heavy atom. The second-order valence-corrected chi connectivity index (χ2v) is 8.30. The summed E-state index contributed by atoms with van der Waals surface area (Å²) < 4.78 is 5.64. The number of hydrogen-bond acceptors (Lipinski definition) is 3. The Morgan fingerprint density at radius 1 is 1.25 bits per heavy atom. The van der Waals surface area contributed by atoms with Gasteiger partial charge in [-0.2, -0.15) is 0 Å². The molecule has 1 saturated heterocycles. The van der Waals surface area contributed by atoms with Gasteiger partial charge < -0.3 is 9.84 Å². The number of amides is 1. The number of nitrogens with zero attached hydrogens (tertiary/aromatic N) is 1. The molecule has 1 heterocycles. The number of aryl methyl sites for hydroxylation is 1. The second kappa shape index (κ2) is 6.40. The third-order valence-electron chi connectivity index (χ3n) is 5.27. The zero-order chi connectivity index (χ0) is 17.5. The van der Waals surface area contributed by atoms with Crippen LogP contribution in [0.3, 0.4) is 0 Å². The molecule has 1 aliphatic heterocycles. The third-order valence-corrected chi connectivity index (χ3v) is 5.27. The van der Waals surface area contributed by atoms with Crippen LogP contribution in [0.25, 0.3) is 0 Å². The van der Waals surface area contributed by atoms with Gasteiger partial charge in [0.05, 0.1) is 12.1 Å². The molecule has 0 aromatic heterocycles. The summed E-state index contributed by atoms with van der Waals surface area (Å²) in [4.78, 5) is 14.6. The van der Waals surface area contributed by atoms with Gasteiger partial charge in [-0.05, 0) is 58.4 Å². The minimum Gasteiger partial charge on any atom is -0.444 e. The molecule has 2 aliphatic rings. The number of hydrogen-bond donors (Lipinski definition) is 1. The topological polar surface area (TPSA) is 49.8 Å². The van der Waals surface area contributed by atoms with E-state index in [2.05, 4.69) is 0 Å². The van der Waals surface area contributed by atoms with Gasteiger partial charge in [0.2, 0.25) is 0 Å². The van der Waals surface area contributed by atoms with Crippen molar-refractivity contribution in [1.82, 2.24) is 4.90 Å². The van der Waals surface area contributed by atoms with Crippen molar-refractivity contribution < 1.29 is 14.6 Å². The minimum atomic E-state index is -0.663. The van der Waals surface area contributed by atoms with E-state index in [-0.39, 0.29) is 18.2 Å². The molecule has 1 aliphatic carbocycles. The highest BCUT2D eigenvalue weighted by atomic mass is 16.6. The summed E-state index contributed by atoms with van der Waals surface area (Å²) in [5, 5.41) is 10.9. The number of ether oxygens (including phenoxy) is 1. The molecule has 4 heteroatoms. The van der Waals surface area contributed by atoms with Gasteiger partial charge in [-0.1, -0.05) is 36.2 Å². The third kappa shape index (κ3) is 3.44. The first-order chi connectivity index (χ1) is 11.3. The summed E-state index contributed by atoms with van der Waals surface area (Å²) in [5.41, 5.74) is 1.52. The van der Waals surface area contributed by atoms with Gasteiger partial charge in [0.15, 0.2) is 0 Å². The van der Waals surface area contributed by atoms with E-state index in [1.54, 1.807) is 0 Å². The molecule has 1 aromatic rings. The average Bonchev–Trinajstić information content (AvgIpc) is 3.05. The second-order valence-electron chi connectivity index (χ2n) is 8.30. The van der Waals surface area contributed by atoms with Gasteiger partial charge >= 0.3 is 6.09 Å². The predicted octanol–water partition coefficient (Wildman–Crippen LogP) is 4.21. The minimum absolute atomic E-state index is 0.196. The first-order valence-corrected chi connectivity index (χ1v) is 9.02. The molecule has 4 atom stereocenters. The molecule has 24 heavy (non-hydrogen) atoms. The van der Waals surface area contributed by atoms with Gasteiger partial charge in [-0.25, -0.2) is 4.79 Å². The van der Waals surface area contributed by atoms with Crippen molar-refractivity contribution >= 4 is 6.09 Å². The van der Waals surface area contributed by atoms with E-state index in [4.69, 9.17) is 4.74 Å². The first-order valence-electron chi connectivity index (χ1n) is 9.02. The fraction of sp³-hybridized carbons (Fsp3) is 0.650. The number of rotatable bonds is 2. The Balaban J connectivity index is 1.84. The van der Waals surface area contributed by atoms with Crippen molar-refractivity contribution in [2.24, 2.45) is 5.92 Å². The van der Waals surface area contributed by atoms with Crippen molar-refractivity contribution in [2.75, 3.05) is 0 Å². The van der Waals surface area contributed by atoms with E-state index in [1.807, 2.05) is 56.9 Å². The molecule has 0 radical (unpaired) electrons. The highest BCUT2D eigenvalue weighted by Crippen LogP contribution is 2.45. The van der Waals surface area contributed by atoms with Crippen molar-refractivity contribution in [3.05, 3.63) is 35.4 Å². The maximum absolute atomic E-state index is 12.8. The molecule has 0 spiro atoms. The Labute approximate surface area is 144 Å². The molecular weight excluding hydrogens is 302 g/mol. The van der Waals surface area contributed by atoms with Crippen LogP contribution in [0.2, 0.25) is 0 Å². The molecule has 0 unspecified atom stereocenters. The van der Waals surface area contributed by atoms with E-state index in [9.17, 15) is 9.90 Å². The predicted molar refractivity (Wildman–Crippen MR) is 93.7 cm³/mol. The van der Waals surface area contributed by atoms with Crippen LogP contribution >= 0.6 is 0 Å². The molecule has 4 nitrogen and oxygen atoms in total. The number of aliphatic hydroxyl groups excluding tert-OH is 1. The summed E-state index contributed by atoms with van der Waals surface area (Å²) in [7, 11) is 0. The number of carbonyl (C=O) groups is 1. The summed E-state index contributed by atoms with van der Waals surface area (Å²) >= 11 is 0. The first kappa shape index (κ1) is 17.3. The van der Waals surface area contributed by atoms with Gasteiger partial charge in [0, 0.05) is 6.04 Å². The lowest BCUT2D eigenvalue weighted by Gasteiger charge is -2.34. The largest absolute Gasteiger partial charge is 0.444 e. The lowest BCUT2D eigenvalue weighted by Crippen LogP contribution is -2.46. The van der Waals surface area contributed by atoms with E-state index in [0.29, 0.717) is 5.92 Å². The molecule has 0 bridgehead atoms. The lowest BCUT2D eigenvalue weighted by atomic mass is 9.95. The van der Waals surface area contributed by atoms with Crippen LogP contribution in [-0.4, -0.2) is 33.8 Å². The van der Waals surface area contributed by atoms with Gasteiger partial charge in [-0.3, -0.25) is 4.90 Å². The van der Waals surface area contributed by atoms with E-state index < -0.39 is 11.7 Å². The summed E-state index contributed by atoms with van der Waals surface area (Å²) in [6.45, 7) is 7.69. The van der Waals surface area contributed by atoms with Crippen molar-refractivity contribution in [3.63, 3.8) is 0 Å². The monoisotopic (exact) mass is 331 g/mol. The molecule has 3 rings (SSSR count). The SMILES string of the molecule is Cc1ccc([C@H](O)[C@H]2C[C@H]3CCC[C@H]3N2C(=O)OC(C)(C)C)cc1. The fourth-order valence-electron chi connectivity index (χ4n) is 4.18. The molecule has 1 aromatic carbocycles. The van der Waals surface area contributed by atoms with E-state index >= 15 is 0 Å². The van der Waals surface area contributed by atoms with Crippen molar-refractivity contribution in [1.29, 1.82) is 0 Å². The van der Waals surface area contributed by atoms with Crippen LogP contribution in [0.4, 0.5) is 4.79 Å². The standard InChI is InChI=1S/C20H29NO3/c1-13-8-10-14(11-9-13)18(22)17-12-15-6-5-7-16(15)21(17)19(23)24-20(2,3)4/h8-11,15-18,22H,5-7,12H2,1-4H3/t15-,16-,17-,18+/m1/s1. The van der Waals surface area contributed by atoms with E-state index in [0.717, 1.165) is 31.2 Å². The summed E-state index contributed by atoms with van der Waals surface area (Å²) in [6, 6.07) is 7.95. The smallest absolute Gasteiger partial charge is 0.410 e. The number of benzene rings is 1. The number of carbonyl (C=O) groups excluding carboxylic acids is 1. The highest BCUT2D eigenvalue weighted by Gasteiger charge is 2.49. The number of likely N-dealkylation sites (tertiary alicyclic amines) is 1. The van der Waals surface area contributed by atoms with Gasteiger partial charge in [-0.15, -0.1) is 0 Å². The molecule has 2 fully saturated rings. The van der Waals surface area contributed by atoms with Crippen molar-refractivity contribution in [2.45, 2.75) is 77.2 Å².